The molecule has 2 aliphatic rings. The number of furan rings is 1. The minimum Gasteiger partial charge on any atom is -0.469 e. The van der Waals surface area contributed by atoms with Crippen LogP contribution in [0.3, 0.4) is 0 Å². The average Bonchev–Trinajstić information content (AvgIpc) is 3.27. The molecule has 8 heteroatoms. The highest BCUT2D eigenvalue weighted by molar-refractivity contribution is 5.88. The Hall–Kier alpha value is -3.29. The van der Waals surface area contributed by atoms with Gasteiger partial charge in [0.25, 0.3) is 0 Å². The number of hydrogen-bond acceptors (Lipinski definition) is 5. The lowest BCUT2D eigenvalue weighted by atomic mass is 9.77. The Labute approximate surface area is 158 Å². The fourth-order valence-corrected chi connectivity index (χ4v) is 4.11. The average molecular weight is 382 g/mol. The number of aryl methyl sites for hydroxylation is 1. The number of halogens is 2. The Kier molecular flexibility index (Phi) is 3.68. The molecular formula is C20H16F2N4O2. The second-order valence-electron chi connectivity index (χ2n) is 7.09. The van der Waals surface area contributed by atoms with Crippen molar-refractivity contribution in [3.8, 4) is 0 Å². The molecule has 0 saturated carbocycles. The summed E-state index contributed by atoms with van der Waals surface area (Å²) >= 11 is 0. The number of carbonyl (C=O) groups is 1. The predicted octanol–water partition coefficient (Wildman–Crippen LogP) is 3.73. The molecule has 0 spiro atoms. The molecular weight excluding hydrogens is 366 g/mol. The highest BCUT2D eigenvalue weighted by atomic mass is 19.1. The topological polar surface area (TPSA) is 73.0 Å². The van der Waals surface area contributed by atoms with E-state index >= 15 is 0 Å². The minimum absolute atomic E-state index is 0.0557. The number of nitrogens with zero attached hydrogens (tertiary/aromatic N) is 3. The lowest BCUT2D eigenvalue weighted by Gasteiger charge is -2.37. The van der Waals surface area contributed by atoms with Crippen LogP contribution in [0.1, 0.15) is 35.5 Å². The lowest BCUT2D eigenvalue weighted by Crippen LogP contribution is -2.40. The molecule has 1 aliphatic heterocycles. The van der Waals surface area contributed by atoms with Crippen LogP contribution >= 0.6 is 0 Å². The molecule has 0 saturated heterocycles. The minimum atomic E-state index is -0.700. The maximum Gasteiger partial charge on any atom is 0.226 e. The summed E-state index contributed by atoms with van der Waals surface area (Å²) in [5.74, 6) is -0.676. The molecule has 0 unspecified atom stereocenters. The number of Topliss-reactive ketones (excluding diaryl/α,β-unsaturated/α-hetero) is 1. The highest BCUT2D eigenvalue weighted by Crippen LogP contribution is 2.44. The second kappa shape index (κ2) is 6.12. The van der Waals surface area contributed by atoms with Crippen LogP contribution in [0.5, 0.6) is 0 Å². The monoisotopic (exact) mass is 382 g/mol. The number of ketones is 1. The lowest BCUT2D eigenvalue weighted by molar-refractivity contribution is -0.123. The molecule has 3 aromatic rings. The zero-order valence-electron chi connectivity index (χ0n) is 14.9. The van der Waals surface area contributed by atoms with Gasteiger partial charge in [-0.05, 0) is 36.8 Å². The van der Waals surface area contributed by atoms with E-state index in [-0.39, 0.29) is 18.1 Å². The van der Waals surface area contributed by atoms with Crippen molar-refractivity contribution >= 4 is 11.7 Å². The molecule has 5 rings (SSSR count). The molecule has 0 radical (unpaired) electrons. The zero-order valence-corrected chi connectivity index (χ0v) is 14.9. The first kappa shape index (κ1) is 16.9. The van der Waals surface area contributed by atoms with E-state index in [4.69, 9.17) is 4.42 Å². The number of fused-ring (bicyclic) bond motifs is 2. The summed E-state index contributed by atoms with van der Waals surface area (Å²) in [6, 6.07) is 6.21. The van der Waals surface area contributed by atoms with Gasteiger partial charge in [0.15, 0.2) is 0 Å². The quantitative estimate of drug-likeness (QED) is 0.731. The number of benzene rings is 1. The fraction of sp³-hybridized carbons (Fsp3) is 0.250. The first-order valence-electron chi connectivity index (χ1n) is 8.93. The number of rotatable bonds is 2. The molecule has 28 heavy (non-hydrogen) atoms. The van der Waals surface area contributed by atoms with Crippen molar-refractivity contribution in [2.75, 3.05) is 5.32 Å². The SMILES string of the molecule is Cc1nc2n(n1)[C@@H](c1cc(F)cc(F)c1)[C@@H]1C(=O)C[C@@H](c3ccco3)C=C1N2. The summed E-state index contributed by atoms with van der Waals surface area (Å²) in [4.78, 5) is 17.5. The Balaban J connectivity index is 1.67. The van der Waals surface area contributed by atoms with E-state index in [1.165, 1.54) is 16.8 Å². The Morgan fingerprint density at radius 3 is 2.75 bits per heavy atom. The van der Waals surface area contributed by atoms with E-state index in [2.05, 4.69) is 15.4 Å². The molecule has 1 aromatic carbocycles. The van der Waals surface area contributed by atoms with Gasteiger partial charge in [-0.3, -0.25) is 4.79 Å². The first-order valence-corrected chi connectivity index (χ1v) is 8.93. The molecule has 142 valence electrons. The van der Waals surface area contributed by atoms with Gasteiger partial charge in [-0.2, -0.15) is 10.1 Å². The predicted molar refractivity (Wildman–Crippen MR) is 95.5 cm³/mol. The van der Waals surface area contributed by atoms with E-state index in [0.717, 1.165) is 6.07 Å². The normalized spacial score (nSPS) is 23.6. The van der Waals surface area contributed by atoms with E-state index in [1.54, 1.807) is 19.3 Å². The number of anilines is 1. The maximum absolute atomic E-state index is 13.9. The van der Waals surface area contributed by atoms with Crippen molar-refractivity contribution in [2.24, 2.45) is 5.92 Å². The molecule has 0 fully saturated rings. The van der Waals surface area contributed by atoms with Crippen LogP contribution in [-0.2, 0) is 4.79 Å². The summed E-state index contributed by atoms with van der Waals surface area (Å²) in [7, 11) is 0. The largest absolute Gasteiger partial charge is 0.469 e. The molecule has 1 N–H and O–H groups in total. The fourth-order valence-electron chi connectivity index (χ4n) is 4.11. The van der Waals surface area contributed by atoms with Gasteiger partial charge < -0.3 is 9.73 Å². The van der Waals surface area contributed by atoms with Crippen molar-refractivity contribution in [3.05, 3.63) is 77.2 Å². The Morgan fingerprint density at radius 2 is 2.04 bits per heavy atom. The molecule has 6 nitrogen and oxygen atoms in total. The summed E-state index contributed by atoms with van der Waals surface area (Å²) in [5, 5.41) is 7.53. The van der Waals surface area contributed by atoms with Crippen LogP contribution in [0.25, 0.3) is 0 Å². The van der Waals surface area contributed by atoms with Gasteiger partial charge in [0.05, 0.1) is 18.2 Å². The van der Waals surface area contributed by atoms with Crippen molar-refractivity contribution in [2.45, 2.75) is 25.3 Å². The van der Waals surface area contributed by atoms with Gasteiger partial charge in [0.2, 0.25) is 5.95 Å². The van der Waals surface area contributed by atoms with Crippen LogP contribution in [-0.4, -0.2) is 20.5 Å². The number of nitrogens with one attached hydrogen (secondary N) is 1. The first-order chi connectivity index (χ1) is 13.5. The number of carbonyl (C=O) groups excluding carboxylic acids is 1. The molecule has 0 bridgehead atoms. The third kappa shape index (κ3) is 2.64. The number of allylic oxidation sites excluding steroid dienone is 2. The van der Waals surface area contributed by atoms with Crippen molar-refractivity contribution in [1.29, 1.82) is 0 Å². The van der Waals surface area contributed by atoms with Crippen LogP contribution in [0, 0.1) is 24.5 Å². The van der Waals surface area contributed by atoms with E-state index < -0.39 is 23.6 Å². The number of hydrogen-bond donors (Lipinski definition) is 1. The standard InChI is InChI=1S/C20H16F2N4O2/c1-10-23-20-24-15-7-11(17-3-2-4-28-17)8-16(27)18(15)19(26(20)25-10)12-5-13(21)9-14(22)6-12/h2-7,9,11,18-19H,8H2,1H3,(H,23,24,25)/t11-,18-,19-/m0/s1. The zero-order chi connectivity index (χ0) is 19.4. The Morgan fingerprint density at radius 1 is 1.25 bits per heavy atom. The van der Waals surface area contributed by atoms with Gasteiger partial charge in [-0.1, -0.05) is 6.08 Å². The van der Waals surface area contributed by atoms with Crippen molar-refractivity contribution < 1.29 is 18.0 Å². The number of aromatic nitrogens is 3. The van der Waals surface area contributed by atoms with Crippen LogP contribution in [0.15, 0.2) is 52.8 Å². The smallest absolute Gasteiger partial charge is 0.226 e. The molecule has 3 atom stereocenters. The summed E-state index contributed by atoms with van der Waals surface area (Å²) in [5.41, 5.74) is 0.984. The van der Waals surface area contributed by atoms with E-state index in [1.807, 2.05) is 12.1 Å². The van der Waals surface area contributed by atoms with Gasteiger partial charge >= 0.3 is 0 Å². The summed E-state index contributed by atoms with van der Waals surface area (Å²) < 4.78 is 34.8. The molecule has 3 heterocycles. The van der Waals surface area contributed by atoms with Gasteiger partial charge in [-0.25, -0.2) is 13.5 Å². The van der Waals surface area contributed by atoms with Crippen LogP contribution < -0.4 is 5.32 Å². The summed E-state index contributed by atoms with van der Waals surface area (Å²) in [6.45, 7) is 1.72. The van der Waals surface area contributed by atoms with Crippen molar-refractivity contribution in [1.82, 2.24) is 14.8 Å². The van der Waals surface area contributed by atoms with E-state index in [9.17, 15) is 13.6 Å². The van der Waals surface area contributed by atoms with Crippen LogP contribution in [0.4, 0.5) is 14.7 Å². The van der Waals surface area contributed by atoms with Gasteiger partial charge in [0.1, 0.15) is 29.0 Å². The van der Waals surface area contributed by atoms with Gasteiger partial charge in [0, 0.05) is 24.1 Å². The second-order valence-corrected chi connectivity index (χ2v) is 7.09. The summed E-state index contributed by atoms with van der Waals surface area (Å²) in [6.07, 6.45) is 3.73. The third-order valence-corrected chi connectivity index (χ3v) is 5.19. The third-order valence-electron chi connectivity index (χ3n) is 5.19. The van der Waals surface area contributed by atoms with E-state index in [0.29, 0.717) is 28.8 Å². The van der Waals surface area contributed by atoms with Crippen LogP contribution in [0.2, 0.25) is 0 Å². The Bertz CT molecular complexity index is 1080. The van der Waals surface area contributed by atoms with Crippen molar-refractivity contribution in [3.63, 3.8) is 0 Å². The highest BCUT2D eigenvalue weighted by Gasteiger charge is 2.44. The maximum atomic E-state index is 13.9. The molecule has 0 amide bonds. The van der Waals surface area contributed by atoms with Gasteiger partial charge in [-0.15, -0.1) is 0 Å². The molecule has 2 aromatic heterocycles. The molecule has 1 aliphatic carbocycles.